The average Bonchev–Trinajstić information content (AvgIpc) is 2.35. The molecule has 1 rings (SSSR count). The van der Waals surface area contributed by atoms with E-state index in [1.54, 1.807) is 26.1 Å². The van der Waals surface area contributed by atoms with Gasteiger partial charge >= 0.3 is 0 Å². The van der Waals surface area contributed by atoms with Crippen molar-refractivity contribution in [1.82, 2.24) is 4.90 Å². The number of nitrogens with zero attached hydrogens (tertiary/aromatic N) is 2. The van der Waals surface area contributed by atoms with Crippen LogP contribution in [0.1, 0.15) is 18.9 Å². The molecule has 0 amide bonds. The summed E-state index contributed by atoms with van der Waals surface area (Å²) in [6.07, 6.45) is 0.398. The van der Waals surface area contributed by atoms with Gasteiger partial charge in [-0.25, -0.2) is 0 Å². The fourth-order valence-electron chi connectivity index (χ4n) is 1.84. The Morgan fingerprint density at radius 1 is 1.53 bits per heavy atom. The molecule has 0 saturated heterocycles. The van der Waals surface area contributed by atoms with E-state index in [-0.39, 0.29) is 11.8 Å². The molecule has 0 spiro atoms. The van der Waals surface area contributed by atoms with Crippen LogP contribution >= 0.6 is 0 Å². The number of hydrogen-bond acceptors (Lipinski definition) is 5. The Morgan fingerprint density at radius 2 is 2.21 bits per heavy atom. The molecule has 2 N–H and O–H groups in total. The van der Waals surface area contributed by atoms with Gasteiger partial charge in [0.2, 0.25) is 0 Å². The van der Waals surface area contributed by atoms with E-state index in [1.807, 2.05) is 7.05 Å². The molecule has 0 aromatic heterocycles. The monoisotopic (exact) mass is 267 g/mol. The fraction of sp³-hybridized carbons (Fsp3) is 0.538. The van der Waals surface area contributed by atoms with Crippen molar-refractivity contribution in [2.24, 2.45) is 0 Å². The molecule has 1 aromatic rings. The van der Waals surface area contributed by atoms with Crippen molar-refractivity contribution in [2.45, 2.75) is 26.0 Å². The largest absolute Gasteiger partial charge is 0.393 e. The zero-order valence-corrected chi connectivity index (χ0v) is 11.6. The van der Waals surface area contributed by atoms with E-state index < -0.39 is 4.92 Å². The maximum Gasteiger partial charge on any atom is 0.292 e. The highest BCUT2D eigenvalue weighted by Crippen LogP contribution is 2.25. The van der Waals surface area contributed by atoms with Crippen LogP contribution in [-0.2, 0) is 6.54 Å². The molecule has 6 heteroatoms. The lowest BCUT2D eigenvalue weighted by molar-refractivity contribution is -0.384. The molecule has 1 atom stereocenters. The topological polar surface area (TPSA) is 78.6 Å². The predicted molar refractivity (Wildman–Crippen MR) is 75.3 cm³/mol. The molecule has 0 aliphatic heterocycles. The predicted octanol–water partition coefficient (Wildman–Crippen LogP) is 1.84. The summed E-state index contributed by atoms with van der Waals surface area (Å²) in [4.78, 5) is 12.5. The van der Waals surface area contributed by atoms with Crippen molar-refractivity contribution < 1.29 is 10.0 Å². The van der Waals surface area contributed by atoms with Gasteiger partial charge in [0.05, 0.1) is 11.0 Å². The van der Waals surface area contributed by atoms with Gasteiger partial charge in [-0.05, 0) is 32.0 Å². The SMILES string of the molecule is CNc1cc(CN(C)CCC(C)O)ccc1[N+](=O)[O-]. The molecule has 6 nitrogen and oxygen atoms in total. The first-order valence-electron chi connectivity index (χ1n) is 6.25. The van der Waals surface area contributed by atoms with Crippen LogP contribution in [0.5, 0.6) is 0 Å². The van der Waals surface area contributed by atoms with Gasteiger partial charge < -0.3 is 15.3 Å². The van der Waals surface area contributed by atoms with Crippen LogP contribution in [0, 0.1) is 10.1 Å². The second kappa shape index (κ2) is 7.06. The van der Waals surface area contributed by atoms with Crippen molar-refractivity contribution in [3.63, 3.8) is 0 Å². The zero-order chi connectivity index (χ0) is 14.4. The molecule has 1 unspecified atom stereocenters. The number of nitro benzene ring substituents is 1. The number of rotatable bonds is 7. The molecule has 0 aliphatic carbocycles. The average molecular weight is 267 g/mol. The van der Waals surface area contributed by atoms with Crippen LogP contribution in [0.2, 0.25) is 0 Å². The molecule has 0 radical (unpaired) electrons. The molecule has 106 valence electrons. The smallest absolute Gasteiger partial charge is 0.292 e. The third-order valence-corrected chi connectivity index (χ3v) is 2.91. The minimum atomic E-state index is -0.396. The van der Waals surface area contributed by atoms with Crippen LogP contribution in [0.3, 0.4) is 0 Å². The van der Waals surface area contributed by atoms with Crippen LogP contribution in [0.15, 0.2) is 18.2 Å². The number of nitrogens with one attached hydrogen (secondary N) is 1. The number of aliphatic hydroxyl groups is 1. The summed E-state index contributed by atoms with van der Waals surface area (Å²) in [6, 6.07) is 5.07. The minimum absolute atomic E-state index is 0.0814. The van der Waals surface area contributed by atoms with Crippen LogP contribution in [0.25, 0.3) is 0 Å². The molecule has 0 aliphatic rings. The highest BCUT2D eigenvalue weighted by Gasteiger charge is 2.13. The lowest BCUT2D eigenvalue weighted by Crippen LogP contribution is -2.22. The summed E-state index contributed by atoms with van der Waals surface area (Å²) in [5.74, 6) is 0. The van der Waals surface area contributed by atoms with E-state index in [4.69, 9.17) is 0 Å². The minimum Gasteiger partial charge on any atom is -0.393 e. The van der Waals surface area contributed by atoms with E-state index in [0.29, 0.717) is 18.7 Å². The van der Waals surface area contributed by atoms with E-state index >= 15 is 0 Å². The Labute approximate surface area is 113 Å². The number of benzene rings is 1. The lowest BCUT2D eigenvalue weighted by atomic mass is 10.1. The van der Waals surface area contributed by atoms with Gasteiger partial charge in [0.15, 0.2) is 0 Å². The molecule has 0 saturated carbocycles. The van der Waals surface area contributed by atoms with Gasteiger partial charge in [0, 0.05) is 26.2 Å². The van der Waals surface area contributed by atoms with Gasteiger partial charge in [-0.15, -0.1) is 0 Å². The Hall–Kier alpha value is -1.66. The van der Waals surface area contributed by atoms with E-state index in [0.717, 1.165) is 12.1 Å². The first-order chi connectivity index (χ1) is 8.93. The standard InChI is InChI=1S/C13H21N3O3/c1-10(17)6-7-15(3)9-11-4-5-13(16(18)19)12(8-11)14-2/h4-5,8,10,14,17H,6-7,9H2,1-3H3. The number of hydrogen-bond donors (Lipinski definition) is 2. The second-order valence-corrected chi connectivity index (χ2v) is 4.73. The summed E-state index contributed by atoms with van der Waals surface area (Å²) in [5, 5.41) is 22.9. The Bertz CT molecular complexity index is 435. The fourth-order valence-corrected chi connectivity index (χ4v) is 1.84. The van der Waals surface area contributed by atoms with Crippen molar-refractivity contribution in [1.29, 1.82) is 0 Å². The Balaban J connectivity index is 2.71. The molecule has 0 heterocycles. The number of nitro groups is 1. The van der Waals surface area contributed by atoms with Gasteiger partial charge in [-0.2, -0.15) is 0 Å². The van der Waals surface area contributed by atoms with Gasteiger partial charge in [-0.1, -0.05) is 6.07 Å². The summed E-state index contributed by atoms with van der Waals surface area (Å²) >= 11 is 0. The first kappa shape index (κ1) is 15.4. The summed E-state index contributed by atoms with van der Waals surface area (Å²) in [5.41, 5.74) is 1.60. The van der Waals surface area contributed by atoms with Crippen molar-refractivity contribution in [3.8, 4) is 0 Å². The molecule has 0 fully saturated rings. The van der Waals surface area contributed by atoms with Crippen molar-refractivity contribution >= 4 is 11.4 Å². The van der Waals surface area contributed by atoms with Crippen molar-refractivity contribution in [2.75, 3.05) is 26.0 Å². The summed E-state index contributed by atoms with van der Waals surface area (Å²) < 4.78 is 0. The molecule has 19 heavy (non-hydrogen) atoms. The highest BCUT2D eigenvalue weighted by molar-refractivity contribution is 5.62. The Kier molecular flexibility index (Phi) is 5.72. The number of anilines is 1. The maximum atomic E-state index is 10.8. The van der Waals surface area contributed by atoms with E-state index in [9.17, 15) is 15.2 Å². The maximum absolute atomic E-state index is 10.8. The zero-order valence-electron chi connectivity index (χ0n) is 11.6. The van der Waals surface area contributed by atoms with Gasteiger partial charge in [0.25, 0.3) is 5.69 Å². The van der Waals surface area contributed by atoms with Gasteiger partial charge in [-0.3, -0.25) is 10.1 Å². The normalized spacial score (nSPS) is 12.5. The quantitative estimate of drug-likeness (QED) is 0.582. The van der Waals surface area contributed by atoms with E-state index in [2.05, 4.69) is 10.2 Å². The van der Waals surface area contributed by atoms with Crippen LogP contribution in [0.4, 0.5) is 11.4 Å². The van der Waals surface area contributed by atoms with Crippen LogP contribution < -0.4 is 5.32 Å². The summed E-state index contributed by atoms with van der Waals surface area (Å²) in [7, 11) is 3.63. The summed E-state index contributed by atoms with van der Waals surface area (Å²) in [6.45, 7) is 3.24. The molecule has 0 bridgehead atoms. The molecular weight excluding hydrogens is 246 g/mol. The van der Waals surface area contributed by atoms with Crippen LogP contribution in [-0.4, -0.2) is 41.7 Å². The van der Waals surface area contributed by atoms with E-state index in [1.165, 1.54) is 6.07 Å². The molecule has 1 aromatic carbocycles. The van der Waals surface area contributed by atoms with Crippen molar-refractivity contribution in [3.05, 3.63) is 33.9 Å². The first-order valence-corrected chi connectivity index (χ1v) is 6.25. The number of aliphatic hydroxyl groups excluding tert-OH is 1. The molecular formula is C13H21N3O3. The van der Waals surface area contributed by atoms with Gasteiger partial charge in [0.1, 0.15) is 5.69 Å². The third-order valence-electron chi connectivity index (χ3n) is 2.91. The lowest BCUT2D eigenvalue weighted by Gasteiger charge is -2.18. The Morgan fingerprint density at radius 3 is 2.74 bits per heavy atom. The highest BCUT2D eigenvalue weighted by atomic mass is 16.6. The second-order valence-electron chi connectivity index (χ2n) is 4.73. The third kappa shape index (κ3) is 4.84.